The predicted octanol–water partition coefficient (Wildman–Crippen LogP) is 1.67. The van der Waals surface area contributed by atoms with E-state index in [0.717, 1.165) is 17.7 Å². The molecule has 0 saturated carbocycles. The summed E-state index contributed by atoms with van der Waals surface area (Å²) in [6, 6.07) is 5.50. The lowest BCUT2D eigenvalue weighted by molar-refractivity contribution is -0.117. The molecule has 2 N–H and O–H groups in total. The summed E-state index contributed by atoms with van der Waals surface area (Å²) in [6.07, 6.45) is 0.417. The van der Waals surface area contributed by atoms with Crippen LogP contribution >= 0.6 is 0 Å². The molecule has 2 rings (SSSR count). The molecule has 0 saturated heterocycles. The largest absolute Gasteiger partial charge is 0.450 e. The zero-order chi connectivity index (χ0) is 16.8. The van der Waals surface area contributed by atoms with E-state index in [1.165, 1.54) is 0 Å². The Bertz CT molecular complexity index is 615. The number of hydrogen-bond acceptors (Lipinski definition) is 4. The highest BCUT2D eigenvalue weighted by Crippen LogP contribution is 2.30. The van der Waals surface area contributed by atoms with Crippen LogP contribution in [0.4, 0.5) is 16.2 Å². The zero-order valence-electron chi connectivity index (χ0n) is 13.3. The van der Waals surface area contributed by atoms with Crippen LogP contribution in [0.5, 0.6) is 0 Å². The van der Waals surface area contributed by atoms with Gasteiger partial charge < -0.3 is 20.3 Å². The van der Waals surface area contributed by atoms with Crippen molar-refractivity contribution in [1.29, 1.82) is 0 Å². The first kappa shape index (κ1) is 16.8. The van der Waals surface area contributed by atoms with E-state index in [0.29, 0.717) is 18.8 Å². The number of nitrogens with one attached hydrogen (secondary N) is 2. The summed E-state index contributed by atoms with van der Waals surface area (Å²) in [4.78, 5) is 36.2. The normalized spacial score (nSPS) is 12.5. The minimum absolute atomic E-state index is 0.0191. The molecule has 1 heterocycles. The molecular weight excluding hydrogens is 298 g/mol. The summed E-state index contributed by atoms with van der Waals surface area (Å²) in [6.45, 7) is 4.44. The molecule has 1 aromatic carbocycles. The van der Waals surface area contributed by atoms with Crippen LogP contribution in [0.15, 0.2) is 18.2 Å². The Hall–Kier alpha value is -2.57. The molecule has 23 heavy (non-hydrogen) atoms. The fourth-order valence-corrected chi connectivity index (χ4v) is 2.49. The van der Waals surface area contributed by atoms with Gasteiger partial charge in [-0.3, -0.25) is 9.59 Å². The molecule has 1 aliphatic heterocycles. The lowest BCUT2D eigenvalue weighted by Gasteiger charge is -2.15. The molecule has 0 bridgehead atoms. The van der Waals surface area contributed by atoms with E-state index in [9.17, 15) is 14.4 Å². The number of nitrogens with zero attached hydrogens (tertiary/aromatic N) is 1. The molecule has 124 valence electrons. The Morgan fingerprint density at radius 2 is 2.09 bits per heavy atom. The SMILES string of the molecule is CCOC(=O)NCCC(=O)Nc1ccc2c(c1)CCN2C(C)=O. The highest BCUT2D eigenvalue weighted by Gasteiger charge is 2.22. The molecule has 0 aromatic heterocycles. The lowest BCUT2D eigenvalue weighted by Crippen LogP contribution is -2.28. The summed E-state index contributed by atoms with van der Waals surface area (Å²) < 4.78 is 4.71. The van der Waals surface area contributed by atoms with Gasteiger partial charge >= 0.3 is 6.09 Å². The summed E-state index contributed by atoms with van der Waals surface area (Å²) in [5.74, 6) is -0.172. The molecule has 7 nitrogen and oxygen atoms in total. The third-order valence-electron chi connectivity index (χ3n) is 3.54. The first-order valence-electron chi connectivity index (χ1n) is 7.62. The Labute approximate surface area is 135 Å². The molecule has 3 amide bonds. The maximum absolute atomic E-state index is 11.9. The van der Waals surface area contributed by atoms with Crippen LogP contribution in [0, 0.1) is 0 Å². The third-order valence-corrected chi connectivity index (χ3v) is 3.54. The maximum atomic E-state index is 11.9. The smallest absolute Gasteiger partial charge is 0.407 e. The second kappa shape index (κ2) is 7.62. The van der Waals surface area contributed by atoms with Gasteiger partial charge in [-0.2, -0.15) is 0 Å². The van der Waals surface area contributed by atoms with Crippen LogP contribution in [0.25, 0.3) is 0 Å². The van der Waals surface area contributed by atoms with Crippen LogP contribution in [0.2, 0.25) is 0 Å². The van der Waals surface area contributed by atoms with Gasteiger partial charge in [-0.1, -0.05) is 0 Å². The molecule has 0 radical (unpaired) electrons. The van der Waals surface area contributed by atoms with Crippen LogP contribution in [0.3, 0.4) is 0 Å². The zero-order valence-corrected chi connectivity index (χ0v) is 13.3. The molecule has 1 aromatic rings. The van der Waals surface area contributed by atoms with E-state index in [4.69, 9.17) is 4.74 Å². The quantitative estimate of drug-likeness (QED) is 0.864. The lowest BCUT2D eigenvalue weighted by atomic mass is 10.1. The Morgan fingerprint density at radius 3 is 2.78 bits per heavy atom. The first-order valence-corrected chi connectivity index (χ1v) is 7.62. The molecule has 0 fully saturated rings. The molecule has 0 unspecified atom stereocenters. The summed E-state index contributed by atoms with van der Waals surface area (Å²) >= 11 is 0. The number of amides is 3. The van der Waals surface area contributed by atoms with Crippen LogP contribution in [-0.4, -0.2) is 37.6 Å². The number of benzene rings is 1. The van der Waals surface area contributed by atoms with E-state index < -0.39 is 6.09 Å². The van der Waals surface area contributed by atoms with Crippen molar-refractivity contribution in [3.05, 3.63) is 23.8 Å². The van der Waals surface area contributed by atoms with Crippen molar-refractivity contribution in [2.24, 2.45) is 0 Å². The van der Waals surface area contributed by atoms with Crippen molar-refractivity contribution in [2.45, 2.75) is 26.7 Å². The fourth-order valence-electron chi connectivity index (χ4n) is 2.49. The first-order chi connectivity index (χ1) is 11.0. The van der Waals surface area contributed by atoms with Crippen molar-refractivity contribution in [3.8, 4) is 0 Å². The van der Waals surface area contributed by atoms with Gasteiger partial charge in [0, 0.05) is 37.8 Å². The molecular formula is C16H21N3O4. The Kier molecular flexibility index (Phi) is 5.56. The molecule has 0 atom stereocenters. The monoisotopic (exact) mass is 319 g/mol. The highest BCUT2D eigenvalue weighted by molar-refractivity contribution is 5.95. The van der Waals surface area contributed by atoms with Crippen LogP contribution in [0.1, 0.15) is 25.8 Å². The van der Waals surface area contributed by atoms with Gasteiger partial charge in [-0.15, -0.1) is 0 Å². The van der Waals surface area contributed by atoms with Crippen molar-refractivity contribution in [2.75, 3.05) is 29.9 Å². The predicted molar refractivity (Wildman–Crippen MR) is 86.4 cm³/mol. The average molecular weight is 319 g/mol. The second-order valence-electron chi connectivity index (χ2n) is 5.21. The fraction of sp³-hybridized carbons (Fsp3) is 0.438. The third kappa shape index (κ3) is 4.45. The average Bonchev–Trinajstić information content (AvgIpc) is 2.90. The van der Waals surface area contributed by atoms with Crippen molar-refractivity contribution < 1.29 is 19.1 Å². The van der Waals surface area contributed by atoms with Crippen LogP contribution in [-0.2, 0) is 20.7 Å². The molecule has 7 heteroatoms. The number of carbonyl (C=O) groups is 3. The molecule has 0 spiro atoms. The van der Waals surface area contributed by atoms with Gasteiger partial charge in [-0.25, -0.2) is 4.79 Å². The maximum Gasteiger partial charge on any atom is 0.407 e. The van der Waals surface area contributed by atoms with E-state index in [2.05, 4.69) is 10.6 Å². The van der Waals surface area contributed by atoms with E-state index in [1.54, 1.807) is 24.8 Å². The number of alkyl carbamates (subject to hydrolysis) is 1. The molecule has 0 aliphatic carbocycles. The number of anilines is 2. The van der Waals surface area contributed by atoms with Gasteiger partial charge in [-0.05, 0) is 37.1 Å². The van der Waals surface area contributed by atoms with E-state index >= 15 is 0 Å². The topological polar surface area (TPSA) is 87.7 Å². The number of carbonyl (C=O) groups excluding carboxylic acids is 3. The minimum atomic E-state index is -0.526. The van der Waals surface area contributed by atoms with Gasteiger partial charge in [0.1, 0.15) is 0 Å². The molecule has 1 aliphatic rings. The summed E-state index contributed by atoms with van der Waals surface area (Å²) in [5, 5.41) is 5.28. The Morgan fingerprint density at radius 1 is 1.30 bits per heavy atom. The standard InChI is InChI=1S/C16H21N3O4/c1-3-23-16(22)17-8-6-15(21)18-13-4-5-14-12(10-13)7-9-19(14)11(2)20/h4-5,10H,3,6-9H2,1-2H3,(H,17,22)(H,18,21). The number of rotatable bonds is 5. The van der Waals surface area contributed by atoms with E-state index in [-0.39, 0.29) is 24.8 Å². The number of fused-ring (bicyclic) bond motifs is 1. The Balaban J connectivity index is 1.86. The number of hydrogen-bond donors (Lipinski definition) is 2. The number of ether oxygens (including phenoxy) is 1. The van der Waals surface area contributed by atoms with Crippen molar-refractivity contribution in [3.63, 3.8) is 0 Å². The van der Waals surface area contributed by atoms with Gasteiger partial charge in [0.05, 0.1) is 6.61 Å². The van der Waals surface area contributed by atoms with Crippen molar-refractivity contribution >= 4 is 29.3 Å². The highest BCUT2D eigenvalue weighted by atomic mass is 16.5. The minimum Gasteiger partial charge on any atom is -0.450 e. The second-order valence-corrected chi connectivity index (χ2v) is 5.21. The summed E-state index contributed by atoms with van der Waals surface area (Å²) in [7, 11) is 0. The van der Waals surface area contributed by atoms with Gasteiger partial charge in [0.15, 0.2) is 0 Å². The van der Waals surface area contributed by atoms with Gasteiger partial charge in [0.2, 0.25) is 11.8 Å². The van der Waals surface area contributed by atoms with E-state index in [1.807, 2.05) is 12.1 Å². The van der Waals surface area contributed by atoms with Gasteiger partial charge in [0.25, 0.3) is 0 Å². The summed E-state index contributed by atoms with van der Waals surface area (Å²) in [5.41, 5.74) is 2.64. The van der Waals surface area contributed by atoms with Crippen LogP contribution < -0.4 is 15.5 Å². The van der Waals surface area contributed by atoms with Crippen molar-refractivity contribution in [1.82, 2.24) is 5.32 Å².